The number of hydrazine groups is 1. The molecule has 0 saturated carbocycles. The van der Waals surface area contributed by atoms with E-state index >= 15 is 0 Å². The van der Waals surface area contributed by atoms with Gasteiger partial charge in [0.1, 0.15) is 5.69 Å². The molecule has 5 nitrogen and oxygen atoms in total. The second kappa shape index (κ2) is 7.26. The molecule has 2 aromatic rings. The topological polar surface area (TPSA) is 65.1 Å². The number of aromatic nitrogens is 2. The summed E-state index contributed by atoms with van der Waals surface area (Å²) in [4.78, 5) is 0. The molecule has 3 N–H and O–H groups in total. The van der Waals surface area contributed by atoms with E-state index in [4.69, 9.17) is 22.2 Å². The van der Waals surface area contributed by atoms with Crippen molar-refractivity contribution in [3.05, 3.63) is 45.1 Å². The van der Waals surface area contributed by atoms with Gasteiger partial charge in [-0.2, -0.15) is 5.10 Å². The van der Waals surface area contributed by atoms with Gasteiger partial charge in [-0.3, -0.25) is 10.5 Å². The second-order valence-corrected chi connectivity index (χ2v) is 5.91. The molecule has 0 aliphatic carbocycles. The van der Waals surface area contributed by atoms with Crippen LogP contribution in [-0.4, -0.2) is 16.9 Å². The lowest BCUT2D eigenvalue weighted by atomic mass is 10.0. The highest BCUT2D eigenvalue weighted by molar-refractivity contribution is 9.10. The predicted octanol–water partition coefficient (Wildman–Crippen LogP) is 3.27. The number of hydrogen-bond acceptors (Lipinski definition) is 4. The van der Waals surface area contributed by atoms with Crippen molar-refractivity contribution in [3.63, 3.8) is 0 Å². The fourth-order valence-electron chi connectivity index (χ4n) is 2.27. The highest BCUT2D eigenvalue weighted by Gasteiger charge is 2.24. The Hall–Kier alpha value is -1.08. The molecule has 1 aromatic carbocycles. The average molecular weight is 374 g/mol. The molecule has 0 fully saturated rings. The van der Waals surface area contributed by atoms with Crippen LogP contribution < -0.4 is 16.0 Å². The average Bonchev–Trinajstić information content (AvgIpc) is 2.87. The van der Waals surface area contributed by atoms with E-state index in [1.165, 1.54) is 0 Å². The lowest BCUT2D eigenvalue weighted by Crippen LogP contribution is -2.31. The Bertz CT molecular complexity index is 617. The number of methoxy groups -OCH3 is 1. The van der Waals surface area contributed by atoms with E-state index in [2.05, 4.69) is 33.4 Å². The SMILES string of the molecule is CCCn1ncc(OC)c1C(NN)c1cc(Br)ccc1Cl. The quantitative estimate of drug-likeness (QED) is 0.602. The lowest BCUT2D eigenvalue weighted by molar-refractivity contribution is 0.398. The van der Waals surface area contributed by atoms with Crippen molar-refractivity contribution in [3.8, 4) is 5.75 Å². The van der Waals surface area contributed by atoms with Crippen LogP contribution in [0.25, 0.3) is 0 Å². The number of hydrogen-bond donors (Lipinski definition) is 2. The molecule has 2 rings (SSSR count). The van der Waals surface area contributed by atoms with E-state index in [1.807, 2.05) is 22.9 Å². The zero-order valence-corrected chi connectivity index (χ0v) is 14.3. The minimum absolute atomic E-state index is 0.306. The monoisotopic (exact) mass is 372 g/mol. The zero-order chi connectivity index (χ0) is 15.4. The summed E-state index contributed by atoms with van der Waals surface area (Å²) in [6.07, 6.45) is 2.66. The molecule has 0 bridgehead atoms. The molecule has 0 aliphatic rings. The maximum atomic E-state index is 6.32. The van der Waals surface area contributed by atoms with Gasteiger partial charge >= 0.3 is 0 Å². The zero-order valence-electron chi connectivity index (χ0n) is 11.9. The summed E-state index contributed by atoms with van der Waals surface area (Å²) < 4.78 is 8.24. The van der Waals surface area contributed by atoms with Gasteiger partial charge in [0.05, 0.1) is 19.3 Å². The van der Waals surface area contributed by atoms with E-state index in [0.717, 1.165) is 28.7 Å². The van der Waals surface area contributed by atoms with E-state index in [1.54, 1.807) is 13.3 Å². The van der Waals surface area contributed by atoms with Crippen LogP contribution in [0.2, 0.25) is 5.02 Å². The van der Waals surface area contributed by atoms with Crippen LogP contribution in [0, 0.1) is 0 Å². The molecule has 0 spiro atoms. The fourth-order valence-corrected chi connectivity index (χ4v) is 2.87. The van der Waals surface area contributed by atoms with E-state index in [-0.39, 0.29) is 6.04 Å². The van der Waals surface area contributed by atoms with Crippen LogP contribution >= 0.6 is 27.5 Å². The highest BCUT2D eigenvalue weighted by Crippen LogP contribution is 2.34. The van der Waals surface area contributed by atoms with E-state index < -0.39 is 0 Å². The number of rotatable bonds is 6. The molecule has 1 atom stereocenters. The molecule has 0 radical (unpaired) electrons. The molecular formula is C14H18BrClN4O. The number of nitrogens with zero attached hydrogens (tertiary/aromatic N) is 2. The third kappa shape index (κ3) is 3.40. The molecule has 0 amide bonds. The summed E-state index contributed by atoms with van der Waals surface area (Å²) in [6, 6.07) is 5.35. The van der Waals surface area contributed by atoms with Crippen molar-refractivity contribution < 1.29 is 4.74 Å². The van der Waals surface area contributed by atoms with Gasteiger partial charge in [-0.15, -0.1) is 0 Å². The van der Waals surface area contributed by atoms with Crippen molar-refractivity contribution in [1.82, 2.24) is 15.2 Å². The molecule has 0 aliphatic heterocycles. The van der Waals surface area contributed by atoms with Gasteiger partial charge in [0, 0.05) is 16.0 Å². The van der Waals surface area contributed by atoms with Crippen LogP contribution in [0.3, 0.4) is 0 Å². The Kier molecular flexibility index (Phi) is 5.64. The normalized spacial score (nSPS) is 12.4. The number of nitrogens with one attached hydrogen (secondary N) is 1. The van der Waals surface area contributed by atoms with Gasteiger partial charge in [0.2, 0.25) is 0 Å². The van der Waals surface area contributed by atoms with Gasteiger partial charge in [0.15, 0.2) is 5.75 Å². The number of benzene rings is 1. The van der Waals surface area contributed by atoms with Crippen LogP contribution in [0.1, 0.15) is 30.6 Å². The summed E-state index contributed by atoms with van der Waals surface area (Å²) >= 11 is 9.79. The molecule has 1 aromatic heterocycles. The number of aryl methyl sites for hydroxylation is 1. The van der Waals surface area contributed by atoms with E-state index in [9.17, 15) is 0 Å². The first kappa shape index (κ1) is 16.3. The minimum atomic E-state index is -0.306. The van der Waals surface area contributed by atoms with Crippen molar-refractivity contribution in [1.29, 1.82) is 0 Å². The van der Waals surface area contributed by atoms with Gasteiger partial charge < -0.3 is 4.74 Å². The third-order valence-electron chi connectivity index (χ3n) is 3.21. The Morgan fingerprint density at radius 1 is 1.52 bits per heavy atom. The first-order chi connectivity index (χ1) is 10.1. The van der Waals surface area contributed by atoms with Gasteiger partial charge in [-0.05, 0) is 30.2 Å². The number of halogens is 2. The van der Waals surface area contributed by atoms with Crippen molar-refractivity contribution in [2.45, 2.75) is 25.9 Å². The molecule has 1 unspecified atom stereocenters. The molecular weight excluding hydrogens is 356 g/mol. The van der Waals surface area contributed by atoms with Gasteiger partial charge in [0.25, 0.3) is 0 Å². The summed E-state index contributed by atoms with van der Waals surface area (Å²) in [7, 11) is 1.62. The number of nitrogens with two attached hydrogens (primary N) is 1. The smallest absolute Gasteiger partial charge is 0.161 e. The lowest BCUT2D eigenvalue weighted by Gasteiger charge is -2.20. The Morgan fingerprint density at radius 3 is 2.90 bits per heavy atom. The van der Waals surface area contributed by atoms with Crippen molar-refractivity contribution >= 4 is 27.5 Å². The summed E-state index contributed by atoms with van der Waals surface area (Å²) in [5.74, 6) is 6.47. The van der Waals surface area contributed by atoms with Crippen molar-refractivity contribution in [2.24, 2.45) is 5.84 Å². The third-order valence-corrected chi connectivity index (χ3v) is 4.05. The van der Waals surface area contributed by atoms with Gasteiger partial charge in [-0.1, -0.05) is 34.5 Å². The summed E-state index contributed by atoms with van der Waals surface area (Å²) in [5, 5.41) is 5.00. The molecule has 0 saturated heterocycles. The summed E-state index contributed by atoms with van der Waals surface area (Å²) in [6.45, 7) is 2.87. The first-order valence-electron chi connectivity index (χ1n) is 6.63. The standard InChI is InChI=1S/C14H18BrClN4O/c1-3-6-20-14(12(21-2)8-18-20)13(19-17)10-7-9(15)4-5-11(10)16/h4-5,7-8,13,19H,3,6,17H2,1-2H3. The molecule has 1 heterocycles. The predicted molar refractivity (Wildman–Crippen MR) is 87.4 cm³/mol. The number of ether oxygens (including phenoxy) is 1. The summed E-state index contributed by atoms with van der Waals surface area (Å²) in [5.41, 5.74) is 4.54. The fraction of sp³-hybridized carbons (Fsp3) is 0.357. The van der Waals surface area contributed by atoms with Crippen molar-refractivity contribution in [2.75, 3.05) is 7.11 Å². The van der Waals surface area contributed by atoms with Crippen LogP contribution in [0.15, 0.2) is 28.9 Å². The molecule has 21 heavy (non-hydrogen) atoms. The Balaban J connectivity index is 2.55. The maximum Gasteiger partial charge on any atom is 0.161 e. The molecule has 7 heteroatoms. The maximum absolute atomic E-state index is 6.32. The first-order valence-corrected chi connectivity index (χ1v) is 7.80. The molecule has 114 valence electrons. The van der Waals surface area contributed by atoms with Gasteiger partial charge in [-0.25, -0.2) is 5.43 Å². The van der Waals surface area contributed by atoms with E-state index in [0.29, 0.717) is 10.8 Å². The largest absolute Gasteiger partial charge is 0.493 e. The van der Waals surface area contributed by atoms with Crippen LogP contribution in [-0.2, 0) is 6.54 Å². The highest BCUT2D eigenvalue weighted by atomic mass is 79.9. The van der Waals surface area contributed by atoms with Crippen LogP contribution in [0.5, 0.6) is 5.75 Å². The second-order valence-electron chi connectivity index (χ2n) is 4.59. The Labute approximate surface area is 137 Å². The van der Waals surface area contributed by atoms with Crippen LogP contribution in [0.4, 0.5) is 0 Å². The Morgan fingerprint density at radius 2 is 2.29 bits per heavy atom. The minimum Gasteiger partial charge on any atom is -0.493 e.